The molecule has 3 rings (SSSR count). The fraction of sp³-hybridized carbons (Fsp3) is 0.348. The third kappa shape index (κ3) is 6.70. The number of amides is 3. The van der Waals surface area contributed by atoms with Crippen LogP contribution in [0.1, 0.15) is 25.3 Å². The van der Waals surface area contributed by atoms with E-state index in [-0.39, 0.29) is 42.7 Å². The van der Waals surface area contributed by atoms with Gasteiger partial charge in [0.05, 0.1) is 11.7 Å². The number of nitrogens with zero attached hydrogens (tertiary/aromatic N) is 2. The Morgan fingerprint density at radius 3 is 2.24 bits per heavy atom. The van der Waals surface area contributed by atoms with E-state index in [9.17, 15) is 27.6 Å². The Bertz CT molecular complexity index is 988. The van der Waals surface area contributed by atoms with Gasteiger partial charge < -0.3 is 10.1 Å². The molecule has 1 heterocycles. The fourth-order valence-corrected chi connectivity index (χ4v) is 3.68. The summed E-state index contributed by atoms with van der Waals surface area (Å²) in [5, 5.41) is 2.72. The van der Waals surface area contributed by atoms with Crippen molar-refractivity contribution in [3.8, 4) is 0 Å². The number of ether oxygens (including phenoxy) is 1. The summed E-state index contributed by atoms with van der Waals surface area (Å²) in [6, 6.07) is 13.9. The van der Waals surface area contributed by atoms with Crippen LogP contribution in [0.3, 0.4) is 0 Å². The van der Waals surface area contributed by atoms with Crippen LogP contribution in [0.2, 0.25) is 0 Å². The van der Waals surface area contributed by atoms with Gasteiger partial charge in [0.2, 0.25) is 5.91 Å². The summed E-state index contributed by atoms with van der Waals surface area (Å²) >= 11 is 0. The molecule has 3 amide bonds. The van der Waals surface area contributed by atoms with Crippen LogP contribution in [0, 0.1) is 0 Å². The van der Waals surface area contributed by atoms with Gasteiger partial charge in [-0.1, -0.05) is 48.5 Å². The lowest BCUT2D eigenvalue weighted by Crippen LogP contribution is -2.53. The average Bonchev–Trinajstić information content (AvgIpc) is 3.24. The topological polar surface area (TPSA) is 88.2 Å². The fourth-order valence-electron chi connectivity index (χ4n) is 3.68. The summed E-state index contributed by atoms with van der Waals surface area (Å²) in [7, 11) is 0. The lowest BCUT2D eigenvalue weighted by atomic mass is 10.2. The quantitative estimate of drug-likeness (QED) is 0.611. The van der Waals surface area contributed by atoms with E-state index in [1.54, 1.807) is 36.4 Å². The van der Waals surface area contributed by atoms with Gasteiger partial charge in [0.15, 0.2) is 0 Å². The Kier molecular flexibility index (Phi) is 8.11. The lowest BCUT2D eigenvalue weighted by Gasteiger charge is -2.32. The number of anilines is 1. The molecule has 2 unspecified atom stereocenters. The van der Waals surface area contributed by atoms with E-state index in [1.807, 2.05) is 0 Å². The van der Waals surface area contributed by atoms with Crippen molar-refractivity contribution in [2.45, 2.75) is 44.8 Å². The minimum atomic E-state index is -5.14. The number of hydrogen-bond acceptors (Lipinski definition) is 5. The first-order chi connectivity index (χ1) is 16.2. The van der Waals surface area contributed by atoms with Crippen LogP contribution in [0.25, 0.3) is 0 Å². The summed E-state index contributed by atoms with van der Waals surface area (Å²) in [5.41, 5.74) is 0.551. The second kappa shape index (κ2) is 11.0. The van der Waals surface area contributed by atoms with Gasteiger partial charge in [0.25, 0.3) is 5.91 Å². The molecule has 1 saturated heterocycles. The first-order valence-corrected chi connectivity index (χ1v) is 10.5. The van der Waals surface area contributed by atoms with Crippen molar-refractivity contribution >= 4 is 23.6 Å². The van der Waals surface area contributed by atoms with Crippen molar-refractivity contribution in [3.05, 3.63) is 66.2 Å². The highest BCUT2D eigenvalue weighted by Crippen LogP contribution is 2.31. The molecule has 0 bridgehead atoms. The molecule has 1 N–H and O–H groups in total. The van der Waals surface area contributed by atoms with Crippen LogP contribution in [-0.2, 0) is 25.8 Å². The maximum Gasteiger partial charge on any atom is 0.544 e. The summed E-state index contributed by atoms with van der Waals surface area (Å²) in [5.74, 6) is -1.43. The molecule has 0 saturated carbocycles. The Balaban J connectivity index is 1.85. The molecule has 1 aliphatic heterocycles. The Morgan fingerprint density at radius 2 is 1.65 bits per heavy atom. The van der Waals surface area contributed by atoms with E-state index >= 15 is 0 Å². The molecule has 2 aromatic rings. The van der Waals surface area contributed by atoms with Crippen molar-refractivity contribution < 1.29 is 37.1 Å². The second-order valence-electron chi connectivity index (χ2n) is 7.64. The zero-order chi connectivity index (χ0) is 24.7. The second-order valence-corrected chi connectivity index (χ2v) is 7.64. The summed E-state index contributed by atoms with van der Waals surface area (Å²) in [4.78, 5) is 42.7. The third-order valence-corrected chi connectivity index (χ3v) is 5.18. The van der Waals surface area contributed by atoms with E-state index in [4.69, 9.17) is 4.74 Å². The Hall–Kier alpha value is -3.60. The van der Waals surface area contributed by atoms with Crippen molar-refractivity contribution in [1.82, 2.24) is 10.2 Å². The standard InChI is InChI=1S/C23H24F3N3O5/c1-16(30)27-14-19-12-13-20(28(19)22(32)33-15-17-8-4-2-5-9-17)21(31)29(34-23(24,25)26)18-10-6-3-7-11-18/h2-11,19-20H,12-15H2,1H3,(H,27,30). The molecule has 0 spiro atoms. The number of alkyl halides is 3. The van der Waals surface area contributed by atoms with E-state index < -0.39 is 30.4 Å². The zero-order valence-electron chi connectivity index (χ0n) is 18.3. The molecule has 0 radical (unpaired) electrons. The van der Waals surface area contributed by atoms with Crippen LogP contribution < -0.4 is 10.4 Å². The highest BCUT2D eigenvalue weighted by atomic mass is 19.4. The monoisotopic (exact) mass is 479 g/mol. The van der Waals surface area contributed by atoms with Crippen molar-refractivity contribution in [3.63, 3.8) is 0 Å². The predicted molar refractivity (Wildman–Crippen MR) is 115 cm³/mol. The summed E-state index contributed by atoms with van der Waals surface area (Å²) in [6.07, 6.45) is -5.69. The number of nitrogens with one attached hydrogen (secondary N) is 1. The molecule has 2 atom stereocenters. The number of hydrogen-bond donors (Lipinski definition) is 1. The van der Waals surface area contributed by atoms with Gasteiger partial charge in [0, 0.05) is 13.5 Å². The van der Waals surface area contributed by atoms with Gasteiger partial charge in [-0.15, -0.1) is 13.2 Å². The third-order valence-electron chi connectivity index (χ3n) is 5.18. The van der Waals surface area contributed by atoms with Gasteiger partial charge in [-0.25, -0.2) is 4.79 Å². The van der Waals surface area contributed by atoms with Gasteiger partial charge in [-0.2, -0.15) is 9.90 Å². The number of benzene rings is 2. The molecular formula is C23H24F3N3O5. The number of hydroxylamine groups is 1. The SMILES string of the molecule is CC(=O)NCC1CCC(C(=O)N(OC(F)(F)F)c2ccccc2)N1C(=O)OCc1ccccc1. The number of rotatable bonds is 7. The Labute approximate surface area is 194 Å². The highest BCUT2D eigenvalue weighted by molar-refractivity contribution is 5.97. The smallest absolute Gasteiger partial charge is 0.445 e. The largest absolute Gasteiger partial charge is 0.544 e. The molecule has 1 fully saturated rings. The van der Waals surface area contributed by atoms with Gasteiger partial charge in [-0.3, -0.25) is 14.5 Å². The lowest BCUT2D eigenvalue weighted by molar-refractivity contribution is -0.327. The highest BCUT2D eigenvalue weighted by Gasteiger charge is 2.46. The molecule has 1 aliphatic rings. The molecule has 2 aromatic carbocycles. The summed E-state index contributed by atoms with van der Waals surface area (Å²) < 4.78 is 44.7. The minimum absolute atomic E-state index is 0.0189. The predicted octanol–water partition coefficient (Wildman–Crippen LogP) is 3.78. The Morgan fingerprint density at radius 1 is 1.03 bits per heavy atom. The van der Waals surface area contributed by atoms with Crippen LogP contribution >= 0.6 is 0 Å². The van der Waals surface area contributed by atoms with Gasteiger partial charge >= 0.3 is 12.5 Å². The minimum Gasteiger partial charge on any atom is -0.445 e. The van der Waals surface area contributed by atoms with E-state index in [0.717, 1.165) is 4.90 Å². The molecule has 34 heavy (non-hydrogen) atoms. The molecule has 0 aliphatic carbocycles. The average molecular weight is 479 g/mol. The van der Waals surface area contributed by atoms with Crippen molar-refractivity contribution in [2.24, 2.45) is 0 Å². The van der Waals surface area contributed by atoms with Gasteiger partial charge in [-0.05, 0) is 30.5 Å². The van der Waals surface area contributed by atoms with Crippen LogP contribution in [0.15, 0.2) is 60.7 Å². The molecule has 0 aromatic heterocycles. The maximum absolute atomic E-state index is 13.3. The number of likely N-dealkylation sites (tertiary alicyclic amines) is 1. The van der Waals surface area contributed by atoms with E-state index in [2.05, 4.69) is 10.2 Å². The number of halogens is 3. The molecule has 182 valence electrons. The molecule has 11 heteroatoms. The summed E-state index contributed by atoms with van der Waals surface area (Å²) in [6.45, 7) is 1.22. The zero-order valence-corrected chi connectivity index (χ0v) is 18.3. The van der Waals surface area contributed by atoms with Crippen LogP contribution in [0.4, 0.5) is 23.7 Å². The molecular weight excluding hydrogens is 455 g/mol. The van der Waals surface area contributed by atoms with E-state index in [1.165, 1.54) is 31.2 Å². The number of carbonyl (C=O) groups is 3. The normalized spacial score (nSPS) is 17.8. The van der Waals surface area contributed by atoms with Crippen molar-refractivity contribution in [1.29, 1.82) is 0 Å². The maximum atomic E-state index is 13.3. The van der Waals surface area contributed by atoms with Crippen LogP contribution in [0.5, 0.6) is 0 Å². The molecule has 8 nitrogen and oxygen atoms in total. The van der Waals surface area contributed by atoms with E-state index in [0.29, 0.717) is 5.56 Å². The first-order valence-electron chi connectivity index (χ1n) is 10.5. The number of para-hydroxylation sites is 1. The van der Waals surface area contributed by atoms with Crippen LogP contribution in [-0.4, -0.2) is 47.8 Å². The first kappa shape index (κ1) is 25.0. The number of carbonyl (C=O) groups excluding carboxylic acids is 3. The van der Waals surface area contributed by atoms with Crippen molar-refractivity contribution in [2.75, 3.05) is 11.6 Å². The van der Waals surface area contributed by atoms with Gasteiger partial charge in [0.1, 0.15) is 12.6 Å².